The average molecular weight is 136 g/mol. The Labute approximate surface area is 54.0 Å². The summed E-state index contributed by atoms with van der Waals surface area (Å²) in [6, 6.07) is 0. The highest BCUT2D eigenvalue weighted by Gasteiger charge is 2.15. The largest absolute Gasteiger partial charge is 0.370 e. The van der Waals surface area contributed by atoms with Crippen LogP contribution in [0, 0.1) is 0 Å². The Morgan fingerprint density at radius 2 is 2.12 bits per heavy atom. The van der Waals surface area contributed by atoms with Gasteiger partial charge in [0.15, 0.2) is 0 Å². The number of rotatable bonds is 2. The Bertz CT molecular complexity index is 95.1. The van der Waals surface area contributed by atoms with Crippen LogP contribution in [0.3, 0.4) is 0 Å². The lowest BCUT2D eigenvalue weighted by molar-refractivity contribution is -0.118. The van der Waals surface area contributed by atoms with Crippen molar-refractivity contribution in [2.24, 2.45) is 5.73 Å². The summed E-state index contributed by atoms with van der Waals surface area (Å²) in [4.78, 5) is 9.67. The van der Waals surface area contributed by atoms with Gasteiger partial charge < -0.3 is 5.73 Å². The van der Waals surface area contributed by atoms with Gasteiger partial charge in [-0.05, 0) is 13.8 Å². The first-order valence-corrected chi connectivity index (χ1v) is 2.77. The van der Waals surface area contributed by atoms with Gasteiger partial charge >= 0.3 is 0 Å². The molecule has 1 amide bonds. The molecule has 0 bridgehead atoms. The summed E-state index contributed by atoms with van der Waals surface area (Å²) in [6.45, 7) is 3.50. The van der Waals surface area contributed by atoms with Gasteiger partial charge in [-0.2, -0.15) is 0 Å². The van der Waals surface area contributed by atoms with Crippen LogP contribution in [0.5, 0.6) is 0 Å². The molecule has 0 aliphatic rings. The first-order valence-electron chi connectivity index (χ1n) is 2.39. The number of carbonyl (C=O) groups excluding carboxylic acids is 1. The molecule has 0 aromatic heterocycles. The molecule has 8 heavy (non-hydrogen) atoms. The maximum Gasteiger partial charge on any atom is 0.219 e. The third-order valence-electron chi connectivity index (χ3n) is 0.595. The second-order valence-electron chi connectivity index (χ2n) is 2.36. The smallest absolute Gasteiger partial charge is 0.219 e. The summed E-state index contributed by atoms with van der Waals surface area (Å²) >= 11 is 5.63. The molecule has 0 aromatic rings. The lowest BCUT2D eigenvalue weighted by Crippen LogP contribution is -2.22. The highest BCUT2D eigenvalue weighted by Crippen LogP contribution is 2.15. The Morgan fingerprint density at radius 3 is 2.12 bits per heavy atom. The van der Waals surface area contributed by atoms with Crippen molar-refractivity contribution in [3.05, 3.63) is 0 Å². The second-order valence-corrected chi connectivity index (χ2v) is 3.38. The fourth-order valence-electron chi connectivity index (χ4n) is 0.414. The van der Waals surface area contributed by atoms with E-state index in [-0.39, 0.29) is 12.3 Å². The molecule has 0 saturated carbocycles. The number of halogens is 1. The molecule has 0 aromatic carbocycles. The summed E-state index contributed by atoms with van der Waals surface area (Å²) in [5.74, 6) is -0.356. The highest BCUT2D eigenvalue weighted by atomic mass is 35.5. The molecular formula is C5H10ClNO. The van der Waals surface area contributed by atoms with Crippen LogP contribution in [0.15, 0.2) is 0 Å². The summed E-state index contributed by atoms with van der Waals surface area (Å²) < 4.78 is 0. The lowest BCUT2D eigenvalue weighted by atomic mass is 10.1. The van der Waals surface area contributed by atoms with Crippen molar-refractivity contribution in [1.82, 2.24) is 0 Å². The van der Waals surface area contributed by atoms with Crippen molar-refractivity contribution >= 4 is 17.5 Å². The quantitative estimate of drug-likeness (QED) is 0.562. The van der Waals surface area contributed by atoms with Crippen LogP contribution in [-0.4, -0.2) is 10.8 Å². The standard InChI is InChI=1S/C5H10ClNO/c1-5(2,6)3-4(7)8/h3H2,1-2H3,(H2,7,8). The molecule has 0 heterocycles. The topological polar surface area (TPSA) is 43.1 Å². The van der Waals surface area contributed by atoms with Crippen molar-refractivity contribution in [1.29, 1.82) is 0 Å². The number of amides is 1. The minimum Gasteiger partial charge on any atom is -0.370 e. The Hall–Kier alpha value is -0.240. The molecular weight excluding hydrogens is 126 g/mol. The van der Waals surface area contributed by atoms with Crippen LogP contribution >= 0.6 is 11.6 Å². The Kier molecular flexibility index (Phi) is 2.28. The third-order valence-corrected chi connectivity index (χ3v) is 0.728. The van der Waals surface area contributed by atoms with Crippen molar-refractivity contribution in [2.75, 3.05) is 0 Å². The predicted molar refractivity (Wildman–Crippen MR) is 33.7 cm³/mol. The summed E-state index contributed by atoms with van der Waals surface area (Å²) in [5, 5.41) is 0. The van der Waals surface area contributed by atoms with E-state index in [1.807, 2.05) is 0 Å². The number of carbonyl (C=O) groups is 1. The van der Waals surface area contributed by atoms with Crippen LogP contribution in [0.25, 0.3) is 0 Å². The van der Waals surface area contributed by atoms with Gasteiger partial charge in [0.05, 0.1) is 0 Å². The van der Waals surface area contributed by atoms with E-state index in [4.69, 9.17) is 17.3 Å². The maximum atomic E-state index is 10.2. The second kappa shape index (κ2) is 2.35. The number of primary amides is 1. The molecule has 0 unspecified atom stereocenters. The summed E-state index contributed by atoms with van der Waals surface area (Å²) in [6.07, 6.45) is 0.231. The zero-order chi connectivity index (χ0) is 6.78. The van der Waals surface area contributed by atoms with Gasteiger partial charge in [0.1, 0.15) is 0 Å². The number of hydrogen-bond donors (Lipinski definition) is 1. The monoisotopic (exact) mass is 135 g/mol. The molecule has 0 aliphatic heterocycles. The first kappa shape index (κ1) is 7.76. The van der Waals surface area contributed by atoms with Gasteiger partial charge in [-0.15, -0.1) is 11.6 Å². The molecule has 0 spiro atoms. The van der Waals surface area contributed by atoms with E-state index in [9.17, 15) is 4.79 Å². The zero-order valence-electron chi connectivity index (χ0n) is 5.07. The molecule has 3 heteroatoms. The highest BCUT2D eigenvalue weighted by molar-refractivity contribution is 6.24. The van der Waals surface area contributed by atoms with Gasteiger partial charge in [-0.3, -0.25) is 4.79 Å². The molecule has 48 valence electrons. The minimum absolute atomic E-state index is 0.231. The van der Waals surface area contributed by atoms with E-state index < -0.39 is 4.87 Å². The predicted octanol–water partition coefficient (Wildman–Crippen LogP) is 0.879. The number of nitrogens with two attached hydrogens (primary N) is 1. The fraction of sp³-hybridized carbons (Fsp3) is 0.800. The fourth-order valence-corrected chi connectivity index (χ4v) is 0.546. The van der Waals surface area contributed by atoms with Crippen molar-refractivity contribution in [3.8, 4) is 0 Å². The van der Waals surface area contributed by atoms with E-state index >= 15 is 0 Å². The van der Waals surface area contributed by atoms with Crippen LogP contribution in [0.2, 0.25) is 0 Å². The van der Waals surface area contributed by atoms with E-state index in [2.05, 4.69) is 0 Å². The summed E-state index contributed by atoms with van der Waals surface area (Å²) in [7, 11) is 0. The molecule has 0 saturated heterocycles. The SMILES string of the molecule is CC(C)(Cl)CC(N)=O. The van der Waals surface area contributed by atoms with Gasteiger partial charge in [0.2, 0.25) is 5.91 Å². The molecule has 0 fully saturated rings. The maximum absolute atomic E-state index is 10.2. The van der Waals surface area contributed by atoms with Gasteiger partial charge in [-0.1, -0.05) is 0 Å². The number of hydrogen-bond acceptors (Lipinski definition) is 1. The Morgan fingerprint density at radius 1 is 1.75 bits per heavy atom. The van der Waals surface area contributed by atoms with Crippen LogP contribution < -0.4 is 5.73 Å². The number of alkyl halides is 1. The third kappa shape index (κ3) is 5.76. The van der Waals surface area contributed by atoms with Crippen LogP contribution in [0.1, 0.15) is 20.3 Å². The van der Waals surface area contributed by atoms with Crippen molar-refractivity contribution < 1.29 is 4.79 Å². The summed E-state index contributed by atoms with van der Waals surface area (Å²) in [5.41, 5.74) is 4.86. The lowest BCUT2D eigenvalue weighted by Gasteiger charge is -2.10. The average Bonchev–Trinajstić information content (AvgIpc) is 1.21. The molecule has 0 rings (SSSR count). The van der Waals surface area contributed by atoms with Gasteiger partial charge in [0, 0.05) is 11.3 Å². The van der Waals surface area contributed by atoms with E-state index in [0.29, 0.717) is 0 Å². The van der Waals surface area contributed by atoms with Crippen molar-refractivity contribution in [2.45, 2.75) is 25.1 Å². The molecule has 2 N–H and O–H groups in total. The zero-order valence-corrected chi connectivity index (χ0v) is 5.83. The Balaban J connectivity index is 3.55. The molecule has 2 nitrogen and oxygen atoms in total. The van der Waals surface area contributed by atoms with Gasteiger partial charge in [0.25, 0.3) is 0 Å². The molecule has 0 radical (unpaired) electrons. The van der Waals surface area contributed by atoms with Crippen LogP contribution in [0.4, 0.5) is 0 Å². The van der Waals surface area contributed by atoms with E-state index in [1.165, 1.54) is 0 Å². The minimum atomic E-state index is -0.480. The van der Waals surface area contributed by atoms with Gasteiger partial charge in [-0.25, -0.2) is 0 Å². The van der Waals surface area contributed by atoms with E-state index in [1.54, 1.807) is 13.8 Å². The first-order chi connectivity index (χ1) is 3.42. The normalized spacial score (nSPS) is 11.4. The molecule has 0 atom stereocenters. The van der Waals surface area contributed by atoms with Crippen LogP contribution in [-0.2, 0) is 4.79 Å². The van der Waals surface area contributed by atoms with E-state index in [0.717, 1.165) is 0 Å². The molecule has 0 aliphatic carbocycles. The van der Waals surface area contributed by atoms with Crippen molar-refractivity contribution in [3.63, 3.8) is 0 Å².